The van der Waals surface area contributed by atoms with Crippen LogP contribution in [-0.2, 0) is 39.3 Å². The van der Waals surface area contributed by atoms with E-state index in [1.807, 2.05) is 27.7 Å². The van der Waals surface area contributed by atoms with Crippen LogP contribution in [0.1, 0.15) is 172 Å². The van der Waals surface area contributed by atoms with Gasteiger partial charge in [0.2, 0.25) is 0 Å². The van der Waals surface area contributed by atoms with Crippen molar-refractivity contribution in [2.45, 2.75) is 150 Å². The minimum atomic E-state index is -4.48. The molecule has 548 valence electrons. The highest BCUT2D eigenvalue weighted by Crippen LogP contribution is 2.59. The minimum Gasteiger partial charge on any atom is -0.457 e. The molecular weight excluding hydrogens is 1420 g/mol. The molecule has 0 unspecified atom stereocenters. The van der Waals surface area contributed by atoms with Gasteiger partial charge < -0.3 is 18.9 Å². The summed E-state index contributed by atoms with van der Waals surface area (Å²) in [6, 6.07) is 47.2. The van der Waals surface area contributed by atoms with Gasteiger partial charge in [-0.15, -0.1) is 0 Å². The largest absolute Gasteiger partial charge is 0.457 e. The number of para-hydroxylation sites is 6. The SMILES string of the molecule is CCCCCCS(=O)(=O)c1cccc(S(=O)(=O)CCCCCC)c1N1C(=O)c2cc(Oc3ccccc3)c3c4c(Oc5ccccc5)cc5c6c(cc(Oc7ccccc7)c(c7c(Oc8ccccc8)cc(c2c37)C1=O)c64)C(=O)N(c1c(S(=O)(=O)CCCCCC)cccc1S(=O)(=O)CCCCCC)C5=O. The molecule has 0 aliphatic carbocycles. The Balaban J connectivity index is 1.19. The van der Waals surface area contributed by atoms with E-state index in [0.29, 0.717) is 35.5 Å². The number of fused-ring (bicyclic) bond motifs is 2. The van der Waals surface area contributed by atoms with E-state index in [1.54, 1.807) is 121 Å². The van der Waals surface area contributed by atoms with Crippen molar-refractivity contribution in [2.75, 3.05) is 32.8 Å². The number of unbranched alkanes of at least 4 members (excludes halogenated alkanes) is 12. The number of nitrogens with zero attached hydrogens (tertiary/aromatic N) is 2. The van der Waals surface area contributed by atoms with Gasteiger partial charge in [0.15, 0.2) is 39.3 Å². The van der Waals surface area contributed by atoms with Gasteiger partial charge in [-0.25, -0.2) is 43.5 Å². The van der Waals surface area contributed by atoms with Gasteiger partial charge in [-0.1, -0.05) is 190 Å². The Morgan fingerprint density at radius 3 is 0.679 bits per heavy atom. The average molecular weight is 1500 g/mol. The van der Waals surface area contributed by atoms with Gasteiger partial charge in [0, 0.05) is 43.1 Å². The van der Waals surface area contributed by atoms with Gasteiger partial charge in [0.25, 0.3) is 23.6 Å². The summed E-state index contributed by atoms with van der Waals surface area (Å²) < 4.78 is 149. The lowest BCUT2D eigenvalue weighted by atomic mass is 9.80. The Hall–Kier alpha value is -10.00. The standard InChI is InChI=1S/C84H82N2O16S4/c1-5-9-13-29-47-103(91,92)67-43-33-44-68(104(93,94)48-30-14-10-6-2)79(67)85-81(87)59-51-63(99-55-35-21-17-22-36-55)73-75-65(101-57-39-25-19-26-40-57)53-61-72-62(84(90)86(83(61)89)80-69(105(95,96)49-31-15-11-7-3)45-34-46-70(80)106(97,98)50-32-16-12-8-4)54-66(102-58-41-27-20-28-42-58)76(78(72)75)74-64(100-56-37-23-18-24-38-56)52-60(82(85)88)71(59)77(73)74/h17-28,33-46,51-54H,5-16,29-32,47-50H2,1-4H3. The molecule has 0 fully saturated rings. The summed E-state index contributed by atoms with van der Waals surface area (Å²) in [6.07, 6.45) is 8.96. The molecule has 11 aromatic rings. The number of anilines is 2. The van der Waals surface area contributed by atoms with Crippen LogP contribution in [-0.4, -0.2) is 80.3 Å². The minimum absolute atomic E-state index is 0.0226. The van der Waals surface area contributed by atoms with Crippen molar-refractivity contribution in [1.82, 2.24) is 0 Å². The molecule has 11 aromatic carbocycles. The van der Waals surface area contributed by atoms with E-state index in [1.165, 1.54) is 60.7 Å². The molecule has 0 bridgehead atoms. The van der Waals surface area contributed by atoms with Crippen LogP contribution < -0.4 is 28.7 Å². The van der Waals surface area contributed by atoms with Crippen LogP contribution in [0.25, 0.3) is 43.1 Å². The summed E-state index contributed by atoms with van der Waals surface area (Å²) >= 11 is 0. The molecular formula is C84H82N2O16S4. The van der Waals surface area contributed by atoms with Crippen molar-refractivity contribution in [1.29, 1.82) is 0 Å². The lowest BCUT2D eigenvalue weighted by Crippen LogP contribution is -2.42. The molecule has 0 saturated carbocycles. The molecule has 0 saturated heterocycles. The van der Waals surface area contributed by atoms with Crippen molar-refractivity contribution in [3.63, 3.8) is 0 Å². The third kappa shape index (κ3) is 14.4. The molecule has 106 heavy (non-hydrogen) atoms. The van der Waals surface area contributed by atoms with E-state index in [9.17, 15) is 0 Å². The quantitative estimate of drug-likeness (QED) is 0.0157. The average Bonchev–Trinajstić information content (AvgIpc) is 0.669. The van der Waals surface area contributed by atoms with Gasteiger partial charge in [-0.2, -0.15) is 0 Å². The molecule has 18 nitrogen and oxygen atoms in total. The van der Waals surface area contributed by atoms with Crippen LogP contribution in [0.15, 0.2) is 202 Å². The predicted octanol–water partition coefficient (Wildman–Crippen LogP) is 19.9. The monoisotopic (exact) mass is 1500 g/mol. The topological polar surface area (TPSA) is 248 Å². The highest BCUT2D eigenvalue weighted by Gasteiger charge is 2.46. The molecule has 2 aliphatic heterocycles. The lowest BCUT2D eigenvalue weighted by Gasteiger charge is -2.34. The number of amides is 4. The second-order valence-electron chi connectivity index (χ2n) is 27.0. The fourth-order valence-electron chi connectivity index (χ4n) is 14.5. The second kappa shape index (κ2) is 31.2. The molecule has 2 heterocycles. The van der Waals surface area contributed by atoms with E-state index < -0.39 is 117 Å². The summed E-state index contributed by atoms with van der Waals surface area (Å²) in [7, 11) is -17.9. The summed E-state index contributed by atoms with van der Waals surface area (Å²) in [6.45, 7) is 7.91. The molecule has 2 aliphatic rings. The molecule has 0 radical (unpaired) electrons. The number of benzene rings is 11. The van der Waals surface area contributed by atoms with Crippen molar-refractivity contribution >= 4 is 117 Å². The number of hydrogen-bond acceptors (Lipinski definition) is 16. The van der Waals surface area contributed by atoms with Crippen LogP contribution in [0.3, 0.4) is 0 Å². The van der Waals surface area contributed by atoms with Gasteiger partial charge in [-0.05, 0) is 123 Å². The number of carbonyl (C=O) groups excluding carboxylic acids is 4. The van der Waals surface area contributed by atoms with Gasteiger partial charge in [0.1, 0.15) is 46.0 Å². The number of imide groups is 2. The molecule has 13 rings (SSSR count). The number of hydrogen-bond donors (Lipinski definition) is 0. The fourth-order valence-corrected chi connectivity index (χ4v) is 20.9. The van der Waals surface area contributed by atoms with Crippen molar-refractivity contribution < 1.29 is 71.8 Å². The Bertz CT molecular complexity index is 5020. The zero-order valence-corrected chi connectivity index (χ0v) is 62.8. The van der Waals surface area contributed by atoms with E-state index in [-0.39, 0.29) is 137 Å². The Labute approximate surface area is 618 Å². The van der Waals surface area contributed by atoms with Crippen LogP contribution in [0, 0.1) is 0 Å². The fraction of sp³-hybridized carbons (Fsp3) is 0.286. The van der Waals surface area contributed by atoms with Crippen molar-refractivity contribution in [3.8, 4) is 46.0 Å². The molecule has 4 amide bonds. The van der Waals surface area contributed by atoms with Gasteiger partial charge in [-0.3, -0.25) is 19.2 Å². The molecule has 0 spiro atoms. The van der Waals surface area contributed by atoms with E-state index in [4.69, 9.17) is 18.9 Å². The maximum Gasteiger partial charge on any atom is 0.266 e. The lowest BCUT2D eigenvalue weighted by molar-refractivity contribution is 0.0876. The zero-order valence-electron chi connectivity index (χ0n) is 59.5. The summed E-state index contributed by atoms with van der Waals surface area (Å²) in [4.78, 5) is 65.7. The van der Waals surface area contributed by atoms with Crippen molar-refractivity contribution in [3.05, 3.63) is 204 Å². The highest BCUT2D eigenvalue weighted by atomic mass is 32.2. The predicted molar refractivity (Wildman–Crippen MR) is 414 cm³/mol. The van der Waals surface area contributed by atoms with Gasteiger partial charge >= 0.3 is 0 Å². The summed E-state index contributed by atoms with van der Waals surface area (Å²) in [5.41, 5.74) is -2.23. The van der Waals surface area contributed by atoms with E-state index in [0.717, 1.165) is 51.4 Å². The number of ether oxygens (including phenoxy) is 4. The molecule has 22 heteroatoms. The molecule has 0 atom stereocenters. The first kappa shape index (κ1) is 74.3. The van der Waals surface area contributed by atoms with Crippen LogP contribution in [0.5, 0.6) is 46.0 Å². The molecule has 0 aromatic heterocycles. The summed E-state index contributed by atoms with van der Waals surface area (Å²) in [5, 5.41) is 0.608. The summed E-state index contributed by atoms with van der Waals surface area (Å²) in [5.74, 6) is -5.68. The number of carbonyl (C=O) groups is 4. The van der Waals surface area contributed by atoms with E-state index >= 15 is 52.8 Å². The van der Waals surface area contributed by atoms with Crippen LogP contribution in [0.2, 0.25) is 0 Å². The molecule has 0 N–H and O–H groups in total. The Morgan fingerprint density at radius 2 is 0.472 bits per heavy atom. The smallest absolute Gasteiger partial charge is 0.266 e. The Morgan fingerprint density at radius 1 is 0.255 bits per heavy atom. The second-order valence-corrected chi connectivity index (χ2v) is 35.3. The van der Waals surface area contributed by atoms with Crippen molar-refractivity contribution in [2.24, 2.45) is 0 Å². The first-order chi connectivity index (χ1) is 51.1. The highest BCUT2D eigenvalue weighted by molar-refractivity contribution is 7.93. The third-order valence-corrected chi connectivity index (χ3v) is 26.9. The number of rotatable bonds is 34. The maximum atomic E-state index is 16.6. The Kier molecular flexibility index (Phi) is 21.9. The number of sulfone groups is 4. The zero-order chi connectivity index (χ0) is 74.7. The van der Waals surface area contributed by atoms with Crippen LogP contribution in [0.4, 0.5) is 11.4 Å². The van der Waals surface area contributed by atoms with Gasteiger partial charge in [0.05, 0.1) is 76.2 Å². The first-order valence-electron chi connectivity index (χ1n) is 36.4. The first-order valence-corrected chi connectivity index (χ1v) is 43.0. The third-order valence-electron chi connectivity index (χ3n) is 19.6. The van der Waals surface area contributed by atoms with Crippen LogP contribution >= 0.6 is 0 Å². The van der Waals surface area contributed by atoms with E-state index in [2.05, 4.69) is 0 Å². The normalized spacial score (nSPS) is 13.4. The maximum absolute atomic E-state index is 16.6.